The summed E-state index contributed by atoms with van der Waals surface area (Å²) in [6.07, 6.45) is 5.02. The average Bonchev–Trinajstić information content (AvgIpc) is 2.49. The predicted molar refractivity (Wildman–Crippen MR) is 91.3 cm³/mol. The third kappa shape index (κ3) is 4.46. The molecule has 0 aromatic heterocycles. The van der Waals surface area contributed by atoms with Gasteiger partial charge in [-0.2, -0.15) is 0 Å². The van der Waals surface area contributed by atoms with E-state index in [1.54, 1.807) is 0 Å². The van der Waals surface area contributed by atoms with Gasteiger partial charge in [-0.25, -0.2) is 0 Å². The fraction of sp³-hybridized carbons (Fsp3) is 0.588. The van der Waals surface area contributed by atoms with Crippen LogP contribution in [0.4, 0.5) is 11.4 Å². The normalized spacial score (nSPS) is 21.0. The van der Waals surface area contributed by atoms with Crippen molar-refractivity contribution in [3.8, 4) is 0 Å². The minimum Gasteiger partial charge on any atom is -0.398 e. The van der Waals surface area contributed by atoms with Crippen LogP contribution in [0.3, 0.4) is 0 Å². The molecule has 1 fully saturated rings. The zero-order valence-corrected chi connectivity index (χ0v) is 13.2. The third-order valence-electron chi connectivity index (χ3n) is 4.39. The molecule has 1 aliphatic heterocycles. The van der Waals surface area contributed by atoms with Gasteiger partial charge in [0.05, 0.1) is 0 Å². The lowest BCUT2D eigenvalue weighted by Crippen LogP contribution is -2.43. The molecule has 1 heterocycles. The van der Waals surface area contributed by atoms with Crippen LogP contribution in [-0.2, 0) is 0 Å². The van der Waals surface area contributed by atoms with Gasteiger partial charge in [0.15, 0.2) is 0 Å². The highest BCUT2D eigenvalue weighted by Gasteiger charge is 2.20. The molecule has 2 atom stereocenters. The monoisotopic (exact) mass is 288 g/mol. The van der Waals surface area contributed by atoms with Crippen molar-refractivity contribution in [2.75, 3.05) is 30.7 Å². The Morgan fingerprint density at radius 1 is 1.52 bits per heavy atom. The smallest absolute Gasteiger partial charge is 0.0404 e. The summed E-state index contributed by atoms with van der Waals surface area (Å²) in [5.41, 5.74) is 8.35. The Bertz CT molecular complexity index is 472. The maximum absolute atomic E-state index is 7.39. The Morgan fingerprint density at radius 3 is 3.05 bits per heavy atom. The molecule has 0 amide bonds. The van der Waals surface area contributed by atoms with E-state index in [2.05, 4.69) is 24.1 Å². The molecule has 4 N–H and O–H groups in total. The van der Waals surface area contributed by atoms with Gasteiger partial charge >= 0.3 is 0 Å². The second kappa shape index (κ2) is 7.46. The molecule has 0 bridgehead atoms. The molecular weight excluding hydrogens is 260 g/mol. The number of nitrogens with zero attached hydrogens (tertiary/aromatic N) is 1. The number of nitrogens with one attached hydrogen (secondary N) is 2. The van der Waals surface area contributed by atoms with Crippen molar-refractivity contribution in [1.82, 2.24) is 4.90 Å². The average molecular weight is 288 g/mol. The van der Waals surface area contributed by atoms with E-state index in [4.69, 9.17) is 11.1 Å². The first kappa shape index (κ1) is 15.8. The lowest BCUT2D eigenvalue weighted by molar-refractivity contribution is 0.189. The van der Waals surface area contributed by atoms with Gasteiger partial charge in [0, 0.05) is 42.3 Å². The number of piperidine rings is 1. The van der Waals surface area contributed by atoms with E-state index in [1.165, 1.54) is 38.6 Å². The summed E-state index contributed by atoms with van der Waals surface area (Å²) in [6.45, 7) is 8.11. The second-order valence-corrected chi connectivity index (χ2v) is 6.24. The quantitative estimate of drug-likeness (QED) is 0.556. The Hall–Kier alpha value is -1.55. The number of hydrogen-bond acceptors (Lipinski definition) is 4. The summed E-state index contributed by atoms with van der Waals surface area (Å²) < 4.78 is 0. The topological polar surface area (TPSA) is 65.1 Å². The number of likely N-dealkylation sites (tertiary alicyclic amines) is 1. The van der Waals surface area contributed by atoms with E-state index in [1.807, 2.05) is 18.2 Å². The highest BCUT2D eigenvalue weighted by Crippen LogP contribution is 2.20. The first-order valence-electron chi connectivity index (χ1n) is 8.01. The first-order valence-corrected chi connectivity index (χ1v) is 8.01. The fourth-order valence-electron chi connectivity index (χ4n) is 2.93. The third-order valence-corrected chi connectivity index (χ3v) is 4.39. The first-order chi connectivity index (χ1) is 10.1. The Morgan fingerprint density at radius 2 is 2.33 bits per heavy atom. The van der Waals surface area contributed by atoms with Crippen LogP contribution in [0.2, 0.25) is 0 Å². The van der Waals surface area contributed by atoms with Crippen LogP contribution in [0, 0.1) is 11.3 Å². The van der Waals surface area contributed by atoms with Crippen LogP contribution in [0.5, 0.6) is 0 Å². The number of nitrogens with two attached hydrogens (primary N) is 1. The van der Waals surface area contributed by atoms with Crippen LogP contribution in [0.1, 0.15) is 38.7 Å². The van der Waals surface area contributed by atoms with Gasteiger partial charge in [0.1, 0.15) is 0 Å². The maximum Gasteiger partial charge on any atom is 0.0404 e. The number of nitrogen functional groups attached to an aromatic ring is 1. The summed E-state index contributed by atoms with van der Waals surface area (Å²) in [4.78, 5) is 2.57. The highest BCUT2D eigenvalue weighted by atomic mass is 15.2. The largest absolute Gasteiger partial charge is 0.398 e. The summed E-state index contributed by atoms with van der Waals surface area (Å²) in [6, 6.07) is 6.35. The van der Waals surface area contributed by atoms with E-state index in [0.29, 0.717) is 11.7 Å². The molecule has 116 valence electrons. The van der Waals surface area contributed by atoms with Gasteiger partial charge in [0.2, 0.25) is 0 Å². The summed E-state index contributed by atoms with van der Waals surface area (Å²) >= 11 is 0. The van der Waals surface area contributed by atoms with Crippen molar-refractivity contribution >= 4 is 17.6 Å². The van der Waals surface area contributed by atoms with Crippen molar-refractivity contribution in [2.24, 2.45) is 5.92 Å². The lowest BCUT2D eigenvalue weighted by Gasteiger charge is -2.35. The van der Waals surface area contributed by atoms with E-state index in [-0.39, 0.29) is 0 Å². The van der Waals surface area contributed by atoms with E-state index in [0.717, 1.165) is 23.7 Å². The van der Waals surface area contributed by atoms with Crippen LogP contribution in [-0.4, -0.2) is 36.8 Å². The molecule has 2 rings (SSSR count). The minimum atomic E-state index is 0.491. The number of hydrogen-bond donors (Lipinski definition) is 3. The van der Waals surface area contributed by atoms with Crippen LogP contribution in [0.25, 0.3) is 0 Å². The molecular formula is C17H28N4. The van der Waals surface area contributed by atoms with Gasteiger partial charge in [-0.3, -0.25) is 0 Å². The zero-order chi connectivity index (χ0) is 15.2. The van der Waals surface area contributed by atoms with E-state index < -0.39 is 0 Å². The van der Waals surface area contributed by atoms with Crippen molar-refractivity contribution in [3.63, 3.8) is 0 Å². The fourth-order valence-corrected chi connectivity index (χ4v) is 2.93. The zero-order valence-electron chi connectivity index (χ0n) is 13.2. The summed E-state index contributed by atoms with van der Waals surface area (Å²) in [7, 11) is 0. The van der Waals surface area contributed by atoms with Crippen molar-refractivity contribution in [1.29, 1.82) is 5.41 Å². The van der Waals surface area contributed by atoms with Gasteiger partial charge in [-0.15, -0.1) is 0 Å². The van der Waals surface area contributed by atoms with Crippen molar-refractivity contribution in [3.05, 3.63) is 23.8 Å². The molecule has 21 heavy (non-hydrogen) atoms. The maximum atomic E-state index is 7.39. The number of anilines is 2. The second-order valence-electron chi connectivity index (χ2n) is 6.24. The molecule has 0 aliphatic carbocycles. The molecule has 1 saturated heterocycles. The van der Waals surface area contributed by atoms with Gasteiger partial charge in [0.25, 0.3) is 0 Å². The molecule has 2 unspecified atom stereocenters. The Balaban J connectivity index is 1.94. The van der Waals surface area contributed by atoms with Gasteiger partial charge in [-0.05, 0) is 43.5 Å². The number of benzene rings is 1. The summed E-state index contributed by atoms with van der Waals surface area (Å²) in [5.74, 6) is 0.768. The van der Waals surface area contributed by atoms with Crippen LogP contribution < -0.4 is 11.1 Å². The predicted octanol–water partition coefficient (Wildman–Crippen LogP) is 3.19. The molecule has 0 radical (unpaired) electrons. The molecule has 4 heteroatoms. The Labute approximate surface area is 128 Å². The SMILES string of the molecule is CCC(C)CN1CCCC(Nc2ccc(N)c(C=N)c2)C1. The molecule has 1 aromatic carbocycles. The molecule has 0 saturated carbocycles. The highest BCUT2D eigenvalue weighted by molar-refractivity contribution is 5.86. The van der Waals surface area contributed by atoms with Crippen molar-refractivity contribution in [2.45, 2.75) is 39.2 Å². The van der Waals surface area contributed by atoms with Crippen LogP contribution >= 0.6 is 0 Å². The molecule has 1 aromatic rings. The lowest BCUT2D eigenvalue weighted by atomic mass is 10.0. The Kier molecular flexibility index (Phi) is 5.62. The molecule has 1 aliphatic rings. The van der Waals surface area contributed by atoms with Gasteiger partial charge < -0.3 is 21.4 Å². The molecule has 4 nitrogen and oxygen atoms in total. The standard InChI is InChI=1S/C17H28N4/c1-3-13(2)11-21-8-4-5-16(12-21)20-15-6-7-17(19)14(9-15)10-18/h6-7,9-10,13,16,18,20H,3-5,8,11-12,19H2,1-2H3. The number of rotatable bonds is 6. The van der Waals surface area contributed by atoms with Gasteiger partial charge in [-0.1, -0.05) is 20.3 Å². The molecule has 0 spiro atoms. The van der Waals surface area contributed by atoms with Crippen LogP contribution in [0.15, 0.2) is 18.2 Å². The van der Waals surface area contributed by atoms with E-state index >= 15 is 0 Å². The minimum absolute atomic E-state index is 0.491. The summed E-state index contributed by atoms with van der Waals surface area (Å²) in [5, 5.41) is 11.0. The van der Waals surface area contributed by atoms with Crippen molar-refractivity contribution < 1.29 is 0 Å². The van der Waals surface area contributed by atoms with E-state index in [9.17, 15) is 0 Å².